The highest BCUT2D eigenvalue weighted by Gasteiger charge is 2.22. The molecular weight excluding hydrogens is 162 g/mol. The normalized spacial score (nSPS) is 21.1. The van der Waals surface area contributed by atoms with Crippen LogP contribution in [0, 0.1) is 5.92 Å². The van der Waals surface area contributed by atoms with Gasteiger partial charge in [0.2, 0.25) is 0 Å². The number of ketones is 1. The predicted octanol–water partition coefficient (Wildman–Crippen LogP) is 2.04. The van der Waals surface area contributed by atoms with Gasteiger partial charge < -0.3 is 5.73 Å². The Balaban J connectivity index is 2.50. The van der Waals surface area contributed by atoms with E-state index in [-0.39, 0.29) is 5.78 Å². The third-order valence-corrected chi connectivity index (χ3v) is 2.97. The molecule has 1 aliphatic carbocycles. The summed E-state index contributed by atoms with van der Waals surface area (Å²) in [5.41, 5.74) is 6.69. The molecule has 1 aliphatic rings. The highest BCUT2D eigenvalue weighted by Crippen LogP contribution is 2.29. The van der Waals surface area contributed by atoms with Crippen LogP contribution in [0.4, 0.5) is 0 Å². The summed E-state index contributed by atoms with van der Waals surface area (Å²) in [6.45, 7) is 5.49. The number of Topliss-reactive ketones (excluding diaryl/α,β-unsaturated/α-hetero) is 1. The molecule has 0 aromatic heterocycles. The molecular formula is C11H19NO. The highest BCUT2D eigenvalue weighted by atomic mass is 16.1. The molecule has 0 amide bonds. The molecule has 2 N–H and O–H groups in total. The maximum Gasteiger partial charge on any atom is 0.150 e. The van der Waals surface area contributed by atoms with Gasteiger partial charge in [0.15, 0.2) is 5.78 Å². The van der Waals surface area contributed by atoms with E-state index in [4.69, 9.17) is 5.73 Å². The summed E-state index contributed by atoms with van der Waals surface area (Å²) in [5, 5.41) is 0. The lowest BCUT2D eigenvalue weighted by Crippen LogP contribution is -2.33. The van der Waals surface area contributed by atoms with Crippen LogP contribution in [0.3, 0.4) is 0 Å². The lowest BCUT2D eigenvalue weighted by atomic mass is 9.81. The van der Waals surface area contributed by atoms with Crippen LogP contribution in [-0.4, -0.2) is 11.8 Å². The van der Waals surface area contributed by atoms with Crippen LogP contribution in [0.15, 0.2) is 12.2 Å². The van der Waals surface area contributed by atoms with Gasteiger partial charge in [0.1, 0.15) is 0 Å². The van der Waals surface area contributed by atoms with Crippen LogP contribution in [0.1, 0.15) is 39.0 Å². The van der Waals surface area contributed by atoms with Gasteiger partial charge >= 0.3 is 0 Å². The summed E-state index contributed by atoms with van der Waals surface area (Å²) < 4.78 is 0. The van der Waals surface area contributed by atoms with Crippen molar-refractivity contribution in [3.63, 3.8) is 0 Å². The van der Waals surface area contributed by atoms with Crippen LogP contribution in [0.25, 0.3) is 0 Å². The van der Waals surface area contributed by atoms with Crippen LogP contribution < -0.4 is 5.73 Å². The summed E-state index contributed by atoms with van der Waals surface area (Å²) in [6, 6.07) is -0.428. The predicted molar refractivity (Wildman–Crippen MR) is 54.4 cm³/mol. The van der Waals surface area contributed by atoms with E-state index in [0.29, 0.717) is 5.92 Å². The molecule has 13 heavy (non-hydrogen) atoms. The molecule has 1 atom stereocenters. The molecule has 0 unspecified atom stereocenters. The summed E-state index contributed by atoms with van der Waals surface area (Å²) in [4.78, 5) is 11.0. The SMILES string of the molecule is C=C(C1CCCCC1)[C@@H](N)C(C)=O. The molecule has 1 rings (SSSR count). The summed E-state index contributed by atoms with van der Waals surface area (Å²) in [5.74, 6) is 0.531. The van der Waals surface area contributed by atoms with Crippen LogP contribution in [-0.2, 0) is 4.79 Å². The third kappa shape index (κ3) is 2.66. The molecule has 0 radical (unpaired) electrons. The van der Waals surface area contributed by atoms with Gasteiger partial charge in [0.05, 0.1) is 6.04 Å². The Kier molecular flexibility index (Phi) is 3.67. The van der Waals surface area contributed by atoms with Crippen molar-refractivity contribution < 1.29 is 4.79 Å². The molecule has 0 aromatic carbocycles. The molecule has 1 fully saturated rings. The van der Waals surface area contributed by atoms with E-state index in [0.717, 1.165) is 5.57 Å². The smallest absolute Gasteiger partial charge is 0.150 e. The molecule has 0 aromatic rings. The minimum atomic E-state index is -0.428. The van der Waals surface area contributed by atoms with Gasteiger partial charge in [0.25, 0.3) is 0 Å². The average Bonchev–Trinajstić information content (AvgIpc) is 2.17. The Morgan fingerprint density at radius 1 is 1.38 bits per heavy atom. The van der Waals surface area contributed by atoms with E-state index in [1.54, 1.807) is 6.92 Å². The second-order valence-electron chi connectivity index (χ2n) is 4.00. The Morgan fingerprint density at radius 3 is 2.38 bits per heavy atom. The molecule has 0 heterocycles. The maximum atomic E-state index is 11.0. The summed E-state index contributed by atoms with van der Waals surface area (Å²) in [7, 11) is 0. The molecule has 0 spiro atoms. The van der Waals surface area contributed by atoms with Gasteiger partial charge in [-0.15, -0.1) is 0 Å². The summed E-state index contributed by atoms with van der Waals surface area (Å²) in [6.07, 6.45) is 6.17. The highest BCUT2D eigenvalue weighted by molar-refractivity contribution is 5.84. The van der Waals surface area contributed by atoms with Gasteiger partial charge in [-0.05, 0) is 25.7 Å². The minimum Gasteiger partial charge on any atom is -0.318 e. The van der Waals surface area contributed by atoms with Gasteiger partial charge in [-0.3, -0.25) is 4.79 Å². The van der Waals surface area contributed by atoms with Crippen molar-refractivity contribution >= 4 is 5.78 Å². The lowest BCUT2D eigenvalue weighted by molar-refractivity contribution is -0.117. The molecule has 2 heteroatoms. The zero-order chi connectivity index (χ0) is 9.84. The fourth-order valence-corrected chi connectivity index (χ4v) is 1.99. The Bertz CT molecular complexity index is 204. The van der Waals surface area contributed by atoms with Crippen molar-refractivity contribution in [2.75, 3.05) is 0 Å². The van der Waals surface area contributed by atoms with E-state index in [9.17, 15) is 4.79 Å². The number of hydrogen-bond donors (Lipinski definition) is 1. The number of hydrogen-bond acceptors (Lipinski definition) is 2. The summed E-state index contributed by atoms with van der Waals surface area (Å²) >= 11 is 0. The van der Waals surface area contributed by atoms with E-state index >= 15 is 0 Å². The van der Waals surface area contributed by atoms with Crippen molar-refractivity contribution in [3.05, 3.63) is 12.2 Å². The fraction of sp³-hybridized carbons (Fsp3) is 0.727. The van der Waals surface area contributed by atoms with E-state index in [1.807, 2.05) is 0 Å². The van der Waals surface area contributed by atoms with Crippen LogP contribution >= 0.6 is 0 Å². The largest absolute Gasteiger partial charge is 0.318 e. The molecule has 0 aliphatic heterocycles. The average molecular weight is 181 g/mol. The quantitative estimate of drug-likeness (QED) is 0.677. The molecule has 2 nitrogen and oxygen atoms in total. The van der Waals surface area contributed by atoms with Gasteiger partial charge in [0, 0.05) is 0 Å². The number of rotatable bonds is 3. The second kappa shape index (κ2) is 4.56. The Hall–Kier alpha value is -0.630. The maximum absolute atomic E-state index is 11.0. The van der Waals surface area contributed by atoms with E-state index in [2.05, 4.69) is 6.58 Å². The first-order valence-corrected chi connectivity index (χ1v) is 5.07. The first kappa shape index (κ1) is 10.5. The second-order valence-corrected chi connectivity index (χ2v) is 4.00. The Labute approximate surface area is 80.2 Å². The number of nitrogens with two attached hydrogens (primary N) is 1. The number of carbonyl (C=O) groups excluding carboxylic acids is 1. The lowest BCUT2D eigenvalue weighted by Gasteiger charge is -2.26. The number of carbonyl (C=O) groups is 1. The van der Waals surface area contributed by atoms with E-state index < -0.39 is 6.04 Å². The molecule has 0 bridgehead atoms. The van der Waals surface area contributed by atoms with Gasteiger partial charge in [-0.2, -0.15) is 0 Å². The van der Waals surface area contributed by atoms with Crippen molar-refractivity contribution in [1.82, 2.24) is 0 Å². The zero-order valence-electron chi connectivity index (χ0n) is 8.38. The third-order valence-electron chi connectivity index (χ3n) is 2.97. The standard InChI is InChI=1S/C11H19NO/c1-8(11(12)9(2)13)10-6-4-3-5-7-10/h10-11H,1,3-7,12H2,2H3/t11-/m1/s1. The molecule has 74 valence electrons. The van der Waals surface area contributed by atoms with Crippen molar-refractivity contribution in [2.45, 2.75) is 45.1 Å². The minimum absolute atomic E-state index is 0.0376. The van der Waals surface area contributed by atoms with E-state index in [1.165, 1.54) is 32.1 Å². The van der Waals surface area contributed by atoms with Crippen molar-refractivity contribution in [2.24, 2.45) is 11.7 Å². The van der Waals surface area contributed by atoms with Gasteiger partial charge in [-0.1, -0.05) is 31.4 Å². The first-order valence-electron chi connectivity index (χ1n) is 5.07. The monoisotopic (exact) mass is 181 g/mol. The zero-order valence-corrected chi connectivity index (χ0v) is 8.38. The fourth-order valence-electron chi connectivity index (χ4n) is 1.99. The first-order chi connectivity index (χ1) is 6.13. The van der Waals surface area contributed by atoms with Gasteiger partial charge in [-0.25, -0.2) is 0 Å². The van der Waals surface area contributed by atoms with Crippen molar-refractivity contribution in [3.8, 4) is 0 Å². The van der Waals surface area contributed by atoms with Crippen LogP contribution in [0.5, 0.6) is 0 Å². The topological polar surface area (TPSA) is 43.1 Å². The molecule has 0 saturated heterocycles. The Morgan fingerprint density at radius 2 is 1.92 bits per heavy atom. The molecule has 1 saturated carbocycles. The van der Waals surface area contributed by atoms with Crippen molar-refractivity contribution in [1.29, 1.82) is 0 Å². The van der Waals surface area contributed by atoms with Crippen LogP contribution in [0.2, 0.25) is 0 Å².